The average molecular weight is 444 g/mol. The highest BCUT2D eigenvalue weighted by Gasteiger charge is 2.22. The summed E-state index contributed by atoms with van der Waals surface area (Å²) in [7, 11) is 0. The Balaban J connectivity index is 1.81. The van der Waals surface area contributed by atoms with Crippen molar-refractivity contribution < 1.29 is 40.2 Å². The summed E-state index contributed by atoms with van der Waals surface area (Å²) >= 11 is 0. The van der Waals surface area contributed by atoms with E-state index in [9.17, 15) is 19.8 Å². The van der Waals surface area contributed by atoms with E-state index in [0.29, 0.717) is 5.56 Å². The topological polar surface area (TPSA) is 187 Å². The maximum absolute atomic E-state index is 12.4. The lowest BCUT2D eigenvalue weighted by Gasteiger charge is -2.08. The first kappa shape index (κ1) is 22.7. The van der Waals surface area contributed by atoms with E-state index in [1.54, 1.807) is 12.1 Å². The van der Waals surface area contributed by atoms with Gasteiger partial charge < -0.3 is 30.6 Å². The monoisotopic (exact) mass is 444 g/mol. The van der Waals surface area contributed by atoms with Gasteiger partial charge >= 0.3 is 0 Å². The van der Waals surface area contributed by atoms with Crippen molar-refractivity contribution in [3.05, 3.63) is 53.9 Å². The number of phenolic OH excluding ortho intramolecular Hbond substituents is 2. The van der Waals surface area contributed by atoms with Gasteiger partial charge in [-0.1, -0.05) is 12.1 Å². The molecule has 2 aromatic carbocycles. The number of ketones is 1. The number of nitrogens with one attached hydrogen (secondary N) is 1. The van der Waals surface area contributed by atoms with E-state index in [0.717, 1.165) is 4.68 Å². The number of hydrogen-bond donors (Lipinski definition) is 6. The predicted octanol–water partition coefficient (Wildman–Crippen LogP) is 0.408. The molecule has 12 nitrogen and oxygen atoms in total. The van der Waals surface area contributed by atoms with Crippen LogP contribution in [-0.2, 0) is 17.9 Å². The third-order valence-corrected chi connectivity index (χ3v) is 4.31. The molecule has 0 fully saturated rings. The molecule has 1 aromatic heterocycles. The van der Waals surface area contributed by atoms with Crippen molar-refractivity contribution in [1.82, 2.24) is 20.1 Å². The molecule has 1 amide bonds. The van der Waals surface area contributed by atoms with Crippen LogP contribution in [0.15, 0.2) is 42.5 Å². The fraction of sp³-hybridized carbons (Fsp3) is 0.200. The van der Waals surface area contributed by atoms with Crippen molar-refractivity contribution >= 4 is 11.7 Å². The fourth-order valence-corrected chi connectivity index (χ4v) is 2.81. The lowest BCUT2D eigenvalue weighted by atomic mass is 10.2. The molecule has 0 saturated carbocycles. The number of carbonyl (C=O) groups excluding carboxylic acids is 2. The van der Waals surface area contributed by atoms with E-state index in [4.69, 9.17) is 15.5 Å². The maximum Gasteiger partial charge on any atom is 0.242 e. The number of carbonyl (C=O) groups is 2. The number of amides is 1. The molecule has 6 N–H and O–H groups in total. The lowest BCUT2D eigenvalue weighted by molar-refractivity contribution is -0.137. The maximum atomic E-state index is 12.4. The molecule has 1 heterocycles. The molecule has 168 valence electrons. The second-order valence-corrected chi connectivity index (χ2v) is 6.74. The zero-order valence-electron chi connectivity index (χ0n) is 16.5. The van der Waals surface area contributed by atoms with E-state index >= 15 is 0 Å². The van der Waals surface area contributed by atoms with Crippen molar-refractivity contribution in [2.75, 3.05) is 0 Å². The first-order valence-corrected chi connectivity index (χ1v) is 9.30. The van der Waals surface area contributed by atoms with Crippen molar-refractivity contribution in [3.63, 3.8) is 0 Å². The molecule has 0 spiro atoms. The number of rotatable bonds is 9. The highest BCUT2D eigenvalue weighted by molar-refractivity contribution is 5.93. The smallest absolute Gasteiger partial charge is 0.242 e. The summed E-state index contributed by atoms with van der Waals surface area (Å²) in [4.78, 5) is 33.0. The lowest BCUT2D eigenvalue weighted by Crippen LogP contribution is -2.29. The van der Waals surface area contributed by atoms with Crippen LogP contribution in [-0.4, -0.2) is 58.4 Å². The minimum Gasteiger partial charge on any atom is -0.504 e. The number of hydrogen-bond acceptors (Lipinski definition) is 10. The van der Waals surface area contributed by atoms with Crippen LogP contribution in [0.4, 0.5) is 0 Å². The molecular formula is C20H20N4O8. The van der Waals surface area contributed by atoms with Gasteiger partial charge in [-0.2, -0.15) is 0 Å². The largest absolute Gasteiger partial charge is 0.504 e. The Hall–Kier alpha value is -4.00. The Morgan fingerprint density at radius 2 is 1.88 bits per heavy atom. The normalized spacial score (nSPS) is 10.9. The molecule has 0 bridgehead atoms. The molecule has 0 unspecified atom stereocenters. The quantitative estimate of drug-likeness (QED) is 0.0887. The van der Waals surface area contributed by atoms with E-state index < -0.39 is 36.7 Å². The van der Waals surface area contributed by atoms with Gasteiger partial charge in [0, 0.05) is 12.1 Å². The van der Waals surface area contributed by atoms with Crippen molar-refractivity contribution in [3.8, 4) is 28.6 Å². The minimum absolute atomic E-state index is 0.0170. The Kier molecular flexibility index (Phi) is 7.00. The second-order valence-electron chi connectivity index (χ2n) is 6.74. The van der Waals surface area contributed by atoms with Crippen molar-refractivity contribution in [2.45, 2.75) is 25.8 Å². The number of aliphatic hydroxyl groups excluding tert-OH is 1. The molecule has 12 heteroatoms. The zero-order chi connectivity index (χ0) is 23.3. The third-order valence-electron chi connectivity index (χ3n) is 4.31. The molecule has 0 aliphatic rings. The van der Waals surface area contributed by atoms with Gasteiger partial charge in [0.05, 0.1) is 6.42 Å². The number of aliphatic hydroxyl groups is 2. The van der Waals surface area contributed by atoms with Crippen LogP contribution >= 0.6 is 0 Å². The SMILES string of the molecule is O=C(Cn1nc(-c2ccc(O)c(O)c2)nc1C(=O)CC(O)O)NCc1cccc(OO)c1. The van der Waals surface area contributed by atoms with Crippen LogP contribution in [0.2, 0.25) is 0 Å². The molecule has 32 heavy (non-hydrogen) atoms. The van der Waals surface area contributed by atoms with Crippen molar-refractivity contribution in [1.29, 1.82) is 0 Å². The van der Waals surface area contributed by atoms with Gasteiger partial charge in [0.15, 0.2) is 35.2 Å². The number of aromatic hydroxyl groups is 2. The van der Waals surface area contributed by atoms with Gasteiger partial charge in [-0.15, -0.1) is 5.10 Å². The van der Waals surface area contributed by atoms with Gasteiger partial charge in [0.2, 0.25) is 11.7 Å². The highest BCUT2D eigenvalue weighted by Crippen LogP contribution is 2.29. The molecule has 0 saturated heterocycles. The van der Waals surface area contributed by atoms with Crippen LogP contribution in [0.1, 0.15) is 22.6 Å². The van der Waals surface area contributed by atoms with Gasteiger partial charge in [-0.25, -0.2) is 14.9 Å². The fourth-order valence-electron chi connectivity index (χ4n) is 2.81. The Bertz CT molecular complexity index is 1130. The Labute approximate surface area is 180 Å². The van der Waals surface area contributed by atoms with E-state index in [-0.39, 0.29) is 35.3 Å². The number of benzene rings is 2. The molecule has 0 radical (unpaired) electrons. The van der Waals surface area contributed by atoms with Crippen LogP contribution in [0, 0.1) is 0 Å². The first-order valence-electron chi connectivity index (χ1n) is 9.30. The Morgan fingerprint density at radius 1 is 1.09 bits per heavy atom. The first-order chi connectivity index (χ1) is 15.3. The number of phenols is 2. The number of nitrogens with zero attached hydrogens (tertiary/aromatic N) is 3. The summed E-state index contributed by atoms with van der Waals surface area (Å²) in [6.07, 6.45) is -2.57. The van der Waals surface area contributed by atoms with Gasteiger partial charge in [-0.3, -0.25) is 9.59 Å². The number of Topliss-reactive ketones (excluding diaryl/α,β-unsaturated/α-hetero) is 1. The molecule has 3 rings (SSSR count). The zero-order valence-corrected chi connectivity index (χ0v) is 16.5. The summed E-state index contributed by atoms with van der Waals surface area (Å²) in [6, 6.07) is 10.2. The summed E-state index contributed by atoms with van der Waals surface area (Å²) in [6.45, 7) is -0.308. The minimum atomic E-state index is -1.91. The molecule has 0 aliphatic carbocycles. The van der Waals surface area contributed by atoms with Gasteiger partial charge in [-0.05, 0) is 35.9 Å². The predicted molar refractivity (Wildman–Crippen MR) is 108 cm³/mol. The van der Waals surface area contributed by atoms with Crippen LogP contribution in [0.5, 0.6) is 17.2 Å². The van der Waals surface area contributed by atoms with E-state index in [2.05, 4.69) is 20.3 Å². The summed E-state index contributed by atoms with van der Waals surface area (Å²) in [5.74, 6) is -2.17. The Morgan fingerprint density at radius 3 is 2.56 bits per heavy atom. The third kappa shape index (κ3) is 5.57. The van der Waals surface area contributed by atoms with Gasteiger partial charge in [0.25, 0.3) is 0 Å². The molecular weight excluding hydrogens is 424 g/mol. The standard InChI is InChI=1S/C20H20N4O8/c25-14-5-4-12(7-15(14)26)19-22-20(16(27)8-18(29)30)24(23-19)10-17(28)21-9-11-2-1-3-13(6-11)32-31/h1-7,18,25-26,29-31H,8-10H2,(H,21,28). The molecule has 0 aliphatic heterocycles. The summed E-state index contributed by atoms with van der Waals surface area (Å²) < 4.78 is 1.01. The van der Waals surface area contributed by atoms with E-state index in [1.807, 2.05) is 0 Å². The average Bonchev–Trinajstić information content (AvgIpc) is 3.17. The van der Waals surface area contributed by atoms with Gasteiger partial charge in [0.1, 0.15) is 6.54 Å². The highest BCUT2D eigenvalue weighted by atomic mass is 17.1. The summed E-state index contributed by atoms with van der Waals surface area (Å²) in [5.41, 5.74) is 0.905. The second kappa shape index (κ2) is 9.87. The summed E-state index contributed by atoms with van der Waals surface area (Å²) in [5, 5.41) is 52.8. The van der Waals surface area contributed by atoms with Crippen molar-refractivity contribution in [2.24, 2.45) is 0 Å². The number of aromatic nitrogens is 3. The van der Waals surface area contributed by atoms with Crippen LogP contribution in [0.3, 0.4) is 0 Å². The van der Waals surface area contributed by atoms with Crippen LogP contribution in [0.25, 0.3) is 11.4 Å². The molecule has 3 aromatic rings. The molecule has 0 atom stereocenters. The van der Waals surface area contributed by atoms with Crippen LogP contribution < -0.4 is 10.2 Å². The van der Waals surface area contributed by atoms with E-state index in [1.165, 1.54) is 30.3 Å².